The Bertz CT molecular complexity index is 269. The Morgan fingerprint density at radius 3 is 2.52 bits per heavy atom. The van der Waals surface area contributed by atoms with Crippen LogP contribution in [0.4, 0.5) is 0 Å². The summed E-state index contributed by atoms with van der Waals surface area (Å²) in [5.41, 5.74) is 0. The maximum atomic E-state index is 6.28. The molecule has 0 aromatic rings. The molecule has 0 aliphatic heterocycles. The first-order valence-electron chi connectivity index (χ1n) is 9.62. The summed E-state index contributed by atoms with van der Waals surface area (Å²) in [7, 11) is 1.68. The largest absolute Gasteiger partial charge is 0.382 e. The number of methoxy groups -OCH3 is 1. The van der Waals surface area contributed by atoms with Crippen LogP contribution in [0, 0.1) is 17.8 Å². The molecule has 2 fully saturated rings. The normalized spacial score (nSPS) is 29.5. The van der Waals surface area contributed by atoms with Crippen molar-refractivity contribution in [1.29, 1.82) is 0 Å². The van der Waals surface area contributed by atoms with E-state index in [1.807, 2.05) is 0 Å². The van der Waals surface area contributed by atoms with Crippen LogP contribution in [-0.2, 0) is 18.9 Å². The highest BCUT2D eigenvalue weighted by Crippen LogP contribution is 2.50. The second-order valence-electron chi connectivity index (χ2n) is 7.14. The molecule has 0 N–H and O–H groups in total. The van der Waals surface area contributed by atoms with Gasteiger partial charge in [0.2, 0.25) is 0 Å². The first-order chi connectivity index (χ1) is 11.4. The third-order valence-corrected chi connectivity index (χ3v) is 5.47. The molecule has 0 unspecified atom stereocenters. The van der Waals surface area contributed by atoms with Gasteiger partial charge in [-0.3, -0.25) is 0 Å². The second kappa shape index (κ2) is 11.4. The third kappa shape index (κ3) is 6.33. The monoisotopic (exact) mass is 328 g/mol. The highest BCUT2D eigenvalue weighted by Gasteiger charge is 2.48. The number of unbranched alkanes of at least 4 members (excludes halogenated alkanes) is 4. The first-order valence-corrected chi connectivity index (χ1v) is 9.62. The molecule has 2 aliphatic rings. The zero-order valence-electron chi connectivity index (χ0n) is 15.1. The van der Waals surface area contributed by atoms with Gasteiger partial charge in [0.15, 0.2) is 0 Å². The second-order valence-corrected chi connectivity index (χ2v) is 7.14. The van der Waals surface area contributed by atoms with Crippen molar-refractivity contribution in [3.8, 4) is 0 Å². The van der Waals surface area contributed by atoms with E-state index in [1.165, 1.54) is 51.4 Å². The lowest BCUT2D eigenvalue weighted by Gasteiger charge is -2.31. The van der Waals surface area contributed by atoms with E-state index in [1.54, 1.807) is 7.11 Å². The zero-order chi connectivity index (χ0) is 16.3. The quantitative estimate of drug-likeness (QED) is 0.356. The molecule has 2 saturated carbocycles. The Morgan fingerprint density at radius 2 is 1.70 bits per heavy atom. The lowest BCUT2D eigenvalue weighted by molar-refractivity contribution is -0.103. The van der Waals surface area contributed by atoms with Gasteiger partial charge >= 0.3 is 0 Å². The Labute approximate surface area is 142 Å². The van der Waals surface area contributed by atoms with Gasteiger partial charge in [0, 0.05) is 19.6 Å². The van der Waals surface area contributed by atoms with Crippen LogP contribution in [0.15, 0.2) is 0 Å². The number of hydrogen-bond donors (Lipinski definition) is 0. The average Bonchev–Trinajstić information content (AvgIpc) is 3.16. The third-order valence-electron chi connectivity index (χ3n) is 5.47. The van der Waals surface area contributed by atoms with E-state index in [-0.39, 0.29) is 0 Å². The highest BCUT2D eigenvalue weighted by atomic mass is 16.7. The minimum absolute atomic E-state index is 0.376. The molecule has 4 heteroatoms. The van der Waals surface area contributed by atoms with Gasteiger partial charge in [0.1, 0.15) is 6.79 Å². The maximum absolute atomic E-state index is 6.28. The van der Waals surface area contributed by atoms with Crippen molar-refractivity contribution in [2.45, 2.75) is 64.4 Å². The van der Waals surface area contributed by atoms with Gasteiger partial charge in [0.05, 0.1) is 25.9 Å². The smallest absolute Gasteiger partial charge is 0.146 e. The number of fused-ring (bicyclic) bond motifs is 2. The first kappa shape index (κ1) is 19.2. The van der Waals surface area contributed by atoms with Gasteiger partial charge in [0.25, 0.3) is 0 Å². The van der Waals surface area contributed by atoms with Gasteiger partial charge in [-0.25, -0.2) is 0 Å². The van der Waals surface area contributed by atoms with Crippen molar-refractivity contribution in [2.75, 3.05) is 40.3 Å². The van der Waals surface area contributed by atoms with Gasteiger partial charge in [-0.2, -0.15) is 0 Å². The summed E-state index contributed by atoms with van der Waals surface area (Å²) in [6, 6.07) is 0. The molecule has 0 radical (unpaired) electrons. The van der Waals surface area contributed by atoms with Gasteiger partial charge in [-0.15, -0.1) is 0 Å². The van der Waals surface area contributed by atoms with Crippen LogP contribution in [0.5, 0.6) is 0 Å². The standard InChI is InChI=1S/C19H36O4/c1-3-4-5-6-7-10-23-19-17-9-8-16(13-17)18(19)14-22-15-21-12-11-20-2/h16-19H,3-15H2,1-2H3/t16-,17+,18-,19+/m1/s1. The minimum atomic E-state index is 0.376. The van der Waals surface area contributed by atoms with E-state index in [0.717, 1.165) is 25.0 Å². The van der Waals surface area contributed by atoms with E-state index in [2.05, 4.69) is 6.92 Å². The molecule has 0 saturated heterocycles. The summed E-state index contributed by atoms with van der Waals surface area (Å²) >= 11 is 0. The molecule has 2 rings (SSSR count). The SMILES string of the molecule is CCCCCCCO[C@H]1[C@H]2CC[C@H](C2)[C@H]1COCOCCOC. The van der Waals surface area contributed by atoms with E-state index >= 15 is 0 Å². The van der Waals surface area contributed by atoms with E-state index in [9.17, 15) is 0 Å². The molecule has 2 aliphatic carbocycles. The van der Waals surface area contributed by atoms with Gasteiger partial charge in [-0.05, 0) is 37.5 Å². The topological polar surface area (TPSA) is 36.9 Å². The molecule has 23 heavy (non-hydrogen) atoms. The number of hydrogen-bond acceptors (Lipinski definition) is 4. The molecule has 0 aromatic carbocycles. The molecule has 0 spiro atoms. The molecule has 0 amide bonds. The summed E-state index contributed by atoms with van der Waals surface area (Å²) in [4.78, 5) is 0. The van der Waals surface area contributed by atoms with Gasteiger partial charge < -0.3 is 18.9 Å². The van der Waals surface area contributed by atoms with Crippen LogP contribution in [0.2, 0.25) is 0 Å². The Morgan fingerprint density at radius 1 is 0.870 bits per heavy atom. The van der Waals surface area contributed by atoms with Crippen molar-refractivity contribution in [3.63, 3.8) is 0 Å². The van der Waals surface area contributed by atoms with Crippen molar-refractivity contribution < 1.29 is 18.9 Å². The molecule has 4 atom stereocenters. The van der Waals surface area contributed by atoms with Crippen molar-refractivity contribution in [1.82, 2.24) is 0 Å². The van der Waals surface area contributed by atoms with Crippen LogP contribution in [-0.4, -0.2) is 46.4 Å². The summed E-state index contributed by atoms with van der Waals surface area (Å²) in [6.07, 6.45) is 11.0. The lowest BCUT2D eigenvalue weighted by Crippen LogP contribution is -2.34. The fraction of sp³-hybridized carbons (Fsp3) is 1.00. The molecule has 2 bridgehead atoms. The highest BCUT2D eigenvalue weighted by molar-refractivity contribution is 4.97. The van der Waals surface area contributed by atoms with Crippen molar-refractivity contribution in [2.24, 2.45) is 17.8 Å². The Balaban J connectivity index is 1.60. The average molecular weight is 328 g/mol. The van der Waals surface area contributed by atoms with E-state index < -0.39 is 0 Å². The molecular weight excluding hydrogens is 292 g/mol. The number of rotatable bonds is 14. The fourth-order valence-corrected chi connectivity index (χ4v) is 4.22. The fourth-order valence-electron chi connectivity index (χ4n) is 4.22. The summed E-state index contributed by atoms with van der Waals surface area (Å²) in [6.45, 7) is 5.58. The maximum Gasteiger partial charge on any atom is 0.146 e. The van der Waals surface area contributed by atoms with Crippen molar-refractivity contribution >= 4 is 0 Å². The summed E-state index contributed by atoms with van der Waals surface area (Å²) < 4.78 is 22.4. The molecule has 4 nitrogen and oxygen atoms in total. The van der Waals surface area contributed by atoms with E-state index in [4.69, 9.17) is 18.9 Å². The number of ether oxygens (including phenoxy) is 4. The van der Waals surface area contributed by atoms with Crippen LogP contribution in [0.3, 0.4) is 0 Å². The van der Waals surface area contributed by atoms with Crippen LogP contribution >= 0.6 is 0 Å². The molecular formula is C19H36O4. The van der Waals surface area contributed by atoms with Crippen LogP contribution in [0.25, 0.3) is 0 Å². The van der Waals surface area contributed by atoms with Crippen LogP contribution in [0.1, 0.15) is 58.3 Å². The predicted molar refractivity (Wildman–Crippen MR) is 91.5 cm³/mol. The zero-order valence-corrected chi connectivity index (χ0v) is 15.1. The summed E-state index contributed by atoms with van der Waals surface area (Å²) in [5.74, 6) is 2.16. The Kier molecular flexibility index (Phi) is 9.50. The Hall–Kier alpha value is -0.160. The predicted octanol–water partition coefficient (Wildman–Crippen LogP) is 4.03. The molecule has 136 valence electrons. The van der Waals surface area contributed by atoms with Gasteiger partial charge in [-0.1, -0.05) is 32.6 Å². The molecule has 0 aromatic heterocycles. The van der Waals surface area contributed by atoms with E-state index in [0.29, 0.717) is 32.0 Å². The lowest BCUT2D eigenvalue weighted by atomic mass is 9.87. The summed E-state index contributed by atoms with van der Waals surface area (Å²) in [5, 5.41) is 0. The van der Waals surface area contributed by atoms with Crippen molar-refractivity contribution in [3.05, 3.63) is 0 Å². The molecule has 0 heterocycles. The minimum Gasteiger partial charge on any atom is -0.382 e. The van der Waals surface area contributed by atoms with Crippen LogP contribution < -0.4 is 0 Å².